The van der Waals surface area contributed by atoms with E-state index in [1.807, 2.05) is 18.2 Å². The van der Waals surface area contributed by atoms with E-state index in [2.05, 4.69) is 30.4 Å². The van der Waals surface area contributed by atoms with Gasteiger partial charge in [-0.2, -0.15) is 0 Å². The number of rotatable bonds is 3. The fourth-order valence-electron chi connectivity index (χ4n) is 4.46. The second kappa shape index (κ2) is 7.41. The summed E-state index contributed by atoms with van der Waals surface area (Å²) in [4.78, 5) is 40.9. The van der Waals surface area contributed by atoms with E-state index in [0.29, 0.717) is 31.8 Å². The van der Waals surface area contributed by atoms with Gasteiger partial charge >= 0.3 is 6.03 Å². The van der Waals surface area contributed by atoms with Crippen molar-refractivity contribution in [1.29, 1.82) is 0 Å². The maximum Gasteiger partial charge on any atom is 0.325 e. The van der Waals surface area contributed by atoms with Gasteiger partial charge in [0.05, 0.1) is 0 Å². The van der Waals surface area contributed by atoms with Crippen LogP contribution < -0.4 is 5.32 Å². The molecular formula is C22H27N3O3. The van der Waals surface area contributed by atoms with Gasteiger partial charge in [0.1, 0.15) is 12.1 Å². The summed E-state index contributed by atoms with van der Waals surface area (Å²) in [6.45, 7) is 3.11. The van der Waals surface area contributed by atoms with Crippen molar-refractivity contribution >= 4 is 23.4 Å². The number of amides is 4. The standard InChI is InChI=1S/C22H27N3O3/c1-16-7-11-22(12-8-16)20(27)25(21(28)23-22)15-19(26)24-13-9-18(10-14-24)17-5-3-2-4-6-17/h2-6,9,16H,7-8,10-15H2,1H3,(H,23,28). The van der Waals surface area contributed by atoms with Crippen molar-refractivity contribution in [3.8, 4) is 0 Å². The third-order valence-electron chi connectivity index (χ3n) is 6.37. The molecule has 1 aromatic carbocycles. The minimum absolute atomic E-state index is 0.170. The fourth-order valence-corrected chi connectivity index (χ4v) is 4.46. The molecule has 4 amide bonds. The van der Waals surface area contributed by atoms with Crippen molar-refractivity contribution in [1.82, 2.24) is 15.1 Å². The number of imide groups is 1. The Morgan fingerprint density at radius 3 is 2.54 bits per heavy atom. The van der Waals surface area contributed by atoms with Gasteiger partial charge in [0, 0.05) is 13.1 Å². The van der Waals surface area contributed by atoms with Crippen LogP contribution in [0.1, 0.15) is 44.6 Å². The van der Waals surface area contributed by atoms with Crippen LogP contribution in [0.5, 0.6) is 0 Å². The van der Waals surface area contributed by atoms with Gasteiger partial charge < -0.3 is 10.2 Å². The van der Waals surface area contributed by atoms with E-state index in [-0.39, 0.29) is 18.4 Å². The van der Waals surface area contributed by atoms with E-state index in [1.165, 1.54) is 11.1 Å². The molecule has 2 heterocycles. The third-order valence-corrected chi connectivity index (χ3v) is 6.37. The molecule has 2 fully saturated rings. The molecule has 1 aliphatic carbocycles. The number of carbonyl (C=O) groups is 3. The van der Waals surface area contributed by atoms with Crippen molar-refractivity contribution in [2.75, 3.05) is 19.6 Å². The summed E-state index contributed by atoms with van der Waals surface area (Å²) in [6, 6.07) is 9.72. The van der Waals surface area contributed by atoms with E-state index >= 15 is 0 Å². The maximum absolute atomic E-state index is 12.9. The van der Waals surface area contributed by atoms with Crippen LogP contribution >= 0.6 is 0 Å². The van der Waals surface area contributed by atoms with Crippen molar-refractivity contribution in [2.24, 2.45) is 5.92 Å². The van der Waals surface area contributed by atoms with E-state index in [4.69, 9.17) is 0 Å². The minimum Gasteiger partial charge on any atom is -0.337 e. The summed E-state index contributed by atoms with van der Waals surface area (Å²) >= 11 is 0. The Morgan fingerprint density at radius 1 is 1.18 bits per heavy atom. The van der Waals surface area contributed by atoms with Crippen LogP contribution in [0.4, 0.5) is 4.79 Å². The zero-order chi connectivity index (χ0) is 19.7. The molecule has 0 radical (unpaired) electrons. The van der Waals surface area contributed by atoms with E-state index in [9.17, 15) is 14.4 Å². The molecule has 1 aromatic rings. The molecule has 6 nitrogen and oxygen atoms in total. The highest BCUT2D eigenvalue weighted by atomic mass is 16.2. The summed E-state index contributed by atoms with van der Waals surface area (Å²) in [7, 11) is 0. The van der Waals surface area contributed by atoms with E-state index < -0.39 is 11.6 Å². The summed E-state index contributed by atoms with van der Waals surface area (Å²) < 4.78 is 0. The van der Waals surface area contributed by atoms with Gasteiger partial charge in [0.2, 0.25) is 5.91 Å². The fraction of sp³-hybridized carbons (Fsp3) is 0.500. The van der Waals surface area contributed by atoms with E-state index in [1.54, 1.807) is 4.90 Å². The monoisotopic (exact) mass is 381 g/mol. The van der Waals surface area contributed by atoms with E-state index in [0.717, 1.165) is 24.2 Å². The molecule has 1 N–H and O–H groups in total. The maximum atomic E-state index is 12.9. The van der Waals surface area contributed by atoms with Gasteiger partial charge in [-0.25, -0.2) is 4.79 Å². The Morgan fingerprint density at radius 2 is 1.89 bits per heavy atom. The SMILES string of the molecule is CC1CCC2(CC1)NC(=O)N(CC(=O)N1CC=C(c3ccccc3)CC1)C2=O. The number of nitrogens with zero attached hydrogens (tertiary/aromatic N) is 2. The number of urea groups is 1. The normalized spacial score (nSPS) is 27.8. The summed E-state index contributed by atoms with van der Waals surface area (Å²) in [5.74, 6) is 0.174. The van der Waals surface area contributed by atoms with Gasteiger partial charge in [-0.15, -0.1) is 0 Å². The second-order valence-electron chi connectivity index (χ2n) is 8.27. The quantitative estimate of drug-likeness (QED) is 0.819. The Bertz CT molecular complexity index is 810. The lowest BCUT2D eigenvalue weighted by Crippen LogP contribution is -2.50. The largest absolute Gasteiger partial charge is 0.337 e. The number of hydrogen-bond donors (Lipinski definition) is 1. The summed E-state index contributed by atoms with van der Waals surface area (Å²) in [6.07, 6.45) is 6.01. The van der Waals surface area contributed by atoms with Crippen molar-refractivity contribution < 1.29 is 14.4 Å². The van der Waals surface area contributed by atoms with Crippen LogP contribution in [-0.4, -0.2) is 52.8 Å². The first-order valence-corrected chi connectivity index (χ1v) is 10.1. The van der Waals surface area contributed by atoms with Gasteiger partial charge in [-0.05, 0) is 49.2 Å². The molecule has 0 unspecified atom stereocenters. The first kappa shape index (κ1) is 18.7. The molecule has 1 saturated heterocycles. The van der Waals surface area contributed by atoms with Crippen LogP contribution in [0.25, 0.3) is 5.57 Å². The van der Waals surface area contributed by atoms with Crippen molar-refractivity contribution in [3.05, 3.63) is 42.0 Å². The van der Waals surface area contributed by atoms with Crippen LogP contribution in [0.15, 0.2) is 36.4 Å². The van der Waals surface area contributed by atoms with Gasteiger partial charge in [-0.3, -0.25) is 14.5 Å². The number of carbonyl (C=O) groups excluding carboxylic acids is 3. The van der Waals surface area contributed by atoms with Crippen molar-refractivity contribution in [3.63, 3.8) is 0 Å². The topological polar surface area (TPSA) is 69.7 Å². The first-order valence-electron chi connectivity index (χ1n) is 10.1. The number of nitrogens with one attached hydrogen (secondary N) is 1. The van der Waals surface area contributed by atoms with Gasteiger partial charge in [0.15, 0.2) is 0 Å². The Labute approximate surface area is 165 Å². The van der Waals surface area contributed by atoms with Crippen molar-refractivity contribution in [2.45, 2.75) is 44.6 Å². The molecular weight excluding hydrogens is 354 g/mol. The number of benzene rings is 1. The van der Waals surface area contributed by atoms with Crippen LogP contribution in [0.2, 0.25) is 0 Å². The molecule has 0 aromatic heterocycles. The zero-order valence-electron chi connectivity index (χ0n) is 16.3. The zero-order valence-corrected chi connectivity index (χ0v) is 16.3. The molecule has 0 bridgehead atoms. The molecule has 28 heavy (non-hydrogen) atoms. The highest BCUT2D eigenvalue weighted by molar-refractivity contribution is 6.09. The average molecular weight is 381 g/mol. The lowest BCUT2D eigenvalue weighted by atomic mass is 9.77. The second-order valence-corrected chi connectivity index (χ2v) is 8.27. The summed E-state index contributed by atoms with van der Waals surface area (Å²) in [5, 5.41) is 2.88. The molecule has 2 aliphatic heterocycles. The lowest BCUT2D eigenvalue weighted by molar-refractivity contribution is -0.139. The van der Waals surface area contributed by atoms with Crippen LogP contribution in [0.3, 0.4) is 0 Å². The van der Waals surface area contributed by atoms with Gasteiger partial charge in [-0.1, -0.05) is 43.3 Å². The van der Waals surface area contributed by atoms with Crippen LogP contribution in [-0.2, 0) is 9.59 Å². The molecule has 1 spiro atoms. The first-order chi connectivity index (χ1) is 13.5. The van der Waals surface area contributed by atoms with Gasteiger partial charge in [0.25, 0.3) is 5.91 Å². The number of hydrogen-bond acceptors (Lipinski definition) is 3. The predicted molar refractivity (Wildman–Crippen MR) is 106 cm³/mol. The summed E-state index contributed by atoms with van der Waals surface area (Å²) in [5.41, 5.74) is 1.62. The molecule has 0 atom stereocenters. The molecule has 4 rings (SSSR count). The Balaban J connectivity index is 1.38. The Kier molecular flexibility index (Phi) is 4.96. The molecule has 3 aliphatic rings. The smallest absolute Gasteiger partial charge is 0.325 e. The minimum atomic E-state index is -0.786. The molecule has 1 saturated carbocycles. The highest BCUT2D eigenvalue weighted by Crippen LogP contribution is 2.36. The van der Waals surface area contributed by atoms with Crippen LogP contribution in [0, 0.1) is 5.92 Å². The predicted octanol–water partition coefficient (Wildman–Crippen LogP) is 2.80. The molecule has 6 heteroatoms. The average Bonchev–Trinajstić information content (AvgIpc) is 2.95. The highest BCUT2D eigenvalue weighted by Gasteiger charge is 2.52. The lowest BCUT2D eigenvalue weighted by Gasteiger charge is -2.33. The molecule has 148 valence electrons. The third kappa shape index (κ3) is 3.43. The Hall–Kier alpha value is -2.63.